The Bertz CT molecular complexity index is 627. The molecule has 5 nitrogen and oxygen atoms in total. The molecule has 3 rings (SSSR count). The largest absolute Gasteiger partial charge is 0.493 e. The fourth-order valence-electron chi connectivity index (χ4n) is 2.27. The lowest BCUT2D eigenvalue weighted by atomic mass is 10.2. The Morgan fingerprint density at radius 2 is 2.18 bits per heavy atom. The molecule has 7 heteroatoms. The Kier molecular flexibility index (Phi) is 4.65. The van der Waals surface area contributed by atoms with Gasteiger partial charge in [-0.25, -0.2) is 8.78 Å². The van der Waals surface area contributed by atoms with E-state index in [4.69, 9.17) is 9.47 Å². The fraction of sp³-hybridized carbons (Fsp3) is 0.400. The van der Waals surface area contributed by atoms with Gasteiger partial charge in [-0.2, -0.15) is 5.10 Å². The van der Waals surface area contributed by atoms with E-state index in [1.54, 1.807) is 0 Å². The van der Waals surface area contributed by atoms with E-state index in [9.17, 15) is 8.78 Å². The van der Waals surface area contributed by atoms with Crippen LogP contribution in [-0.2, 0) is 11.2 Å². The summed E-state index contributed by atoms with van der Waals surface area (Å²) in [5.74, 6) is -1.49. The molecular formula is C15H17F2N3O2. The number of ether oxygens (including phenoxy) is 2. The Morgan fingerprint density at radius 1 is 1.27 bits per heavy atom. The summed E-state index contributed by atoms with van der Waals surface area (Å²) < 4.78 is 36.9. The lowest BCUT2D eigenvalue weighted by Crippen LogP contribution is -2.33. The Morgan fingerprint density at radius 3 is 2.95 bits per heavy atom. The molecule has 1 saturated heterocycles. The smallest absolute Gasteiger partial charge is 0.162 e. The summed E-state index contributed by atoms with van der Waals surface area (Å²) in [6.45, 7) is 2.62. The van der Waals surface area contributed by atoms with E-state index in [0.29, 0.717) is 25.4 Å². The van der Waals surface area contributed by atoms with Gasteiger partial charge in [-0.3, -0.25) is 5.10 Å². The molecule has 0 radical (unpaired) electrons. The number of benzene rings is 1. The first-order chi connectivity index (χ1) is 10.7. The molecule has 0 bridgehead atoms. The molecule has 2 heterocycles. The van der Waals surface area contributed by atoms with Gasteiger partial charge in [0.05, 0.1) is 18.9 Å². The minimum absolute atomic E-state index is 0.0362. The third kappa shape index (κ3) is 3.61. The highest BCUT2D eigenvalue weighted by atomic mass is 19.2. The van der Waals surface area contributed by atoms with E-state index in [2.05, 4.69) is 15.5 Å². The van der Waals surface area contributed by atoms with Gasteiger partial charge in [0.2, 0.25) is 0 Å². The van der Waals surface area contributed by atoms with Crippen LogP contribution in [0.4, 0.5) is 8.78 Å². The minimum Gasteiger partial charge on any atom is -0.493 e. The monoisotopic (exact) mass is 309 g/mol. The highest BCUT2D eigenvalue weighted by Gasteiger charge is 2.18. The summed E-state index contributed by atoms with van der Waals surface area (Å²) in [6, 6.07) is 5.42. The standard InChI is InChI=1S/C15H17F2N3O2/c16-12-2-1-11(8-13(12)17)21-5-3-10-7-14(20-19-10)15-9-18-4-6-22-15/h1-2,7-8,15,18H,3-6,9H2,(H,19,20). The normalized spacial score (nSPS) is 18.4. The first-order valence-corrected chi connectivity index (χ1v) is 7.17. The number of hydrogen-bond acceptors (Lipinski definition) is 4. The number of nitrogens with one attached hydrogen (secondary N) is 2. The Balaban J connectivity index is 1.51. The van der Waals surface area contributed by atoms with Gasteiger partial charge in [-0.05, 0) is 18.2 Å². The number of hydrogen-bond donors (Lipinski definition) is 2. The highest BCUT2D eigenvalue weighted by Crippen LogP contribution is 2.18. The summed E-state index contributed by atoms with van der Waals surface area (Å²) in [6.07, 6.45) is 0.553. The highest BCUT2D eigenvalue weighted by molar-refractivity contribution is 5.23. The second-order valence-corrected chi connectivity index (χ2v) is 5.06. The molecule has 2 aromatic rings. The predicted octanol–water partition coefficient (Wildman–Crippen LogP) is 1.97. The molecule has 0 saturated carbocycles. The van der Waals surface area contributed by atoms with Crippen molar-refractivity contribution in [3.05, 3.63) is 47.3 Å². The van der Waals surface area contributed by atoms with E-state index < -0.39 is 11.6 Å². The van der Waals surface area contributed by atoms with Gasteiger partial charge in [-0.1, -0.05) is 0 Å². The molecule has 1 aromatic carbocycles. The van der Waals surface area contributed by atoms with Gasteiger partial charge < -0.3 is 14.8 Å². The van der Waals surface area contributed by atoms with Crippen molar-refractivity contribution in [1.29, 1.82) is 0 Å². The number of halogens is 2. The van der Waals surface area contributed by atoms with Crippen LogP contribution < -0.4 is 10.1 Å². The number of H-pyrrole nitrogens is 1. The number of nitrogens with zero attached hydrogens (tertiary/aromatic N) is 1. The number of rotatable bonds is 5. The summed E-state index contributed by atoms with van der Waals surface area (Å²) in [7, 11) is 0. The van der Waals surface area contributed by atoms with Gasteiger partial charge in [0.1, 0.15) is 11.9 Å². The second-order valence-electron chi connectivity index (χ2n) is 5.06. The van der Waals surface area contributed by atoms with Crippen molar-refractivity contribution in [3.8, 4) is 5.75 Å². The second kappa shape index (κ2) is 6.85. The van der Waals surface area contributed by atoms with Crippen molar-refractivity contribution in [2.45, 2.75) is 12.5 Å². The van der Waals surface area contributed by atoms with E-state index in [1.165, 1.54) is 6.07 Å². The van der Waals surface area contributed by atoms with Crippen LogP contribution in [0.2, 0.25) is 0 Å². The SMILES string of the molecule is Fc1ccc(OCCc2cc(C3CNCCO3)n[nH]2)cc1F. The zero-order valence-electron chi connectivity index (χ0n) is 11.9. The summed E-state index contributed by atoms with van der Waals surface area (Å²) in [5, 5.41) is 10.4. The summed E-state index contributed by atoms with van der Waals surface area (Å²) in [4.78, 5) is 0. The molecule has 1 fully saturated rings. The van der Waals surface area contributed by atoms with Gasteiger partial charge >= 0.3 is 0 Å². The van der Waals surface area contributed by atoms with Crippen molar-refractivity contribution in [2.24, 2.45) is 0 Å². The van der Waals surface area contributed by atoms with E-state index >= 15 is 0 Å². The van der Waals surface area contributed by atoms with Gasteiger partial charge in [0.25, 0.3) is 0 Å². The van der Waals surface area contributed by atoms with Crippen LogP contribution in [0.1, 0.15) is 17.5 Å². The zero-order chi connectivity index (χ0) is 15.4. The first kappa shape index (κ1) is 14.9. The van der Waals surface area contributed by atoms with Crippen LogP contribution >= 0.6 is 0 Å². The molecule has 1 atom stereocenters. The lowest BCUT2D eigenvalue weighted by molar-refractivity contribution is 0.0250. The molecule has 1 aliphatic heterocycles. The van der Waals surface area contributed by atoms with E-state index in [-0.39, 0.29) is 6.10 Å². The zero-order valence-corrected chi connectivity index (χ0v) is 11.9. The lowest BCUT2D eigenvalue weighted by Gasteiger charge is -2.21. The maximum Gasteiger partial charge on any atom is 0.162 e. The molecule has 0 spiro atoms. The topological polar surface area (TPSA) is 59.2 Å². The van der Waals surface area contributed by atoms with Crippen LogP contribution in [0.5, 0.6) is 5.75 Å². The Labute approximate surface area is 126 Å². The van der Waals surface area contributed by atoms with Gasteiger partial charge in [-0.15, -0.1) is 0 Å². The van der Waals surface area contributed by atoms with E-state index in [0.717, 1.165) is 36.6 Å². The molecule has 1 unspecified atom stereocenters. The van der Waals surface area contributed by atoms with Crippen molar-refractivity contribution in [1.82, 2.24) is 15.5 Å². The molecular weight excluding hydrogens is 292 g/mol. The third-order valence-corrected chi connectivity index (χ3v) is 3.44. The van der Waals surface area contributed by atoms with Crippen LogP contribution in [0.25, 0.3) is 0 Å². The molecule has 1 aliphatic rings. The average molecular weight is 309 g/mol. The third-order valence-electron chi connectivity index (χ3n) is 3.44. The quantitative estimate of drug-likeness (QED) is 0.886. The molecule has 0 aliphatic carbocycles. The molecule has 118 valence electrons. The van der Waals surface area contributed by atoms with E-state index in [1.807, 2.05) is 6.07 Å². The Hall–Kier alpha value is -1.99. The number of morpholine rings is 1. The van der Waals surface area contributed by atoms with Gasteiger partial charge in [0.15, 0.2) is 11.6 Å². The minimum atomic E-state index is -0.914. The molecule has 1 aromatic heterocycles. The van der Waals surface area contributed by atoms with Crippen LogP contribution in [0.15, 0.2) is 24.3 Å². The van der Waals surface area contributed by atoms with Crippen molar-refractivity contribution in [3.63, 3.8) is 0 Å². The molecule has 22 heavy (non-hydrogen) atoms. The number of aromatic nitrogens is 2. The molecule has 0 amide bonds. The maximum absolute atomic E-state index is 13.0. The van der Waals surface area contributed by atoms with Gasteiger partial charge in [0, 0.05) is 31.3 Å². The van der Waals surface area contributed by atoms with Crippen LogP contribution in [0.3, 0.4) is 0 Å². The van der Waals surface area contributed by atoms with Crippen molar-refractivity contribution in [2.75, 3.05) is 26.3 Å². The van der Waals surface area contributed by atoms with Crippen molar-refractivity contribution < 1.29 is 18.3 Å². The van der Waals surface area contributed by atoms with Crippen molar-refractivity contribution >= 4 is 0 Å². The van der Waals surface area contributed by atoms with Crippen LogP contribution in [0, 0.1) is 11.6 Å². The average Bonchev–Trinajstić information content (AvgIpc) is 3.01. The van der Waals surface area contributed by atoms with Crippen LogP contribution in [-0.4, -0.2) is 36.5 Å². The summed E-state index contributed by atoms with van der Waals surface area (Å²) in [5.41, 5.74) is 1.77. The fourth-order valence-corrected chi connectivity index (χ4v) is 2.27. The predicted molar refractivity (Wildman–Crippen MR) is 75.7 cm³/mol. The first-order valence-electron chi connectivity index (χ1n) is 7.17. The maximum atomic E-state index is 13.0. The molecule has 2 N–H and O–H groups in total. The summed E-state index contributed by atoms with van der Waals surface area (Å²) >= 11 is 0. The number of aromatic amines is 1.